The fourth-order valence-electron chi connectivity index (χ4n) is 1.98. The van der Waals surface area contributed by atoms with Gasteiger partial charge in [0.2, 0.25) is 0 Å². The number of nitrogens with zero attached hydrogens (tertiary/aromatic N) is 1. The van der Waals surface area contributed by atoms with Crippen LogP contribution in [0.15, 0.2) is 35.1 Å². The van der Waals surface area contributed by atoms with Crippen molar-refractivity contribution in [3.8, 4) is 11.1 Å². The Hall–Kier alpha value is -2.23. The van der Waals surface area contributed by atoms with Crippen LogP contribution in [0.1, 0.15) is 5.56 Å². The van der Waals surface area contributed by atoms with Gasteiger partial charge < -0.3 is 10.2 Å². The van der Waals surface area contributed by atoms with Crippen LogP contribution in [-0.2, 0) is 0 Å². The molecule has 2 heterocycles. The molecule has 4 heteroatoms. The smallest absolute Gasteiger partial charge is 0.134 e. The van der Waals surface area contributed by atoms with Gasteiger partial charge in [0.15, 0.2) is 0 Å². The second kappa shape index (κ2) is 3.13. The molecule has 0 bridgehead atoms. The fraction of sp³-hybridized carbons (Fsp3) is 0.0833. The molecule has 0 aliphatic heterocycles. The quantitative estimate of drug-likeness (QED) is 0.653. The summed E-state index contributed by atoms with van der Waals surface area (Å²) in [6.45, 7) is 2.02. The lowest BCUT2D eigenvalue weighted by Crippen LogP contribution is -1.88. The summed E-state index contributed by atoms with van der Waals surface area (Å²) in [7, 11) is 0. The van der Waals surface area contributed by atoms with E-state index in [0.717, 1.165) is 27.7 Å². The van der Waals surface area contributed by atoms with Crippen molar-refractivity contribution in [3.05, 3.63) is 36.2 Å². The molecule has 0 radical (unpaired) electrons. The molecule has 3 N–H and O–H groups in total. The first-order chi connectivity index (χ1) is 7.77. The number of hydrogen-bond acceptors (Lipinski definition) is 3. The van der Waals surface area contributed by atoms with Crippen molar-refractivity contribution < 1.29 is 4.42 Å². The van der Waals surface area contributed by atoms with E-state index < -0.39 is 0 Å². The molecule has 3 rings (SSSR count). The van der Waals surface area contributed by atoms with E-state index in [0.29, 0.717) is 5.82 Å². The van der Waals surface area contributed by atoms with Crippen LogP contribution < -0.4 is 5.73 Å². The molecule has 2 aromatic heterocycles. The minimum Gasteiger partial charge on any atom is -0.464 e. The Bertz CT molecular complexity index is 651. The third-order valence-corrected chi connectivity index (χ3v) is 2.74. The van der Waals surface area contributed by atoms with E-state index in [4.69, 9.17) is 10.2 Å². The minimum absolute atomic E-state index is 0.577. The van der Waals surface area contributed by atoms with Gasteiger partial charge in [-0.1, -0.05) is 12.1 Å². The molecule has 0 saturated carbocycles. The highest BCUT2D eigenvalue weighted by molar-refractivity contribution is 5.98. The molecular formula is C12H11N3O. The number of nitrogens with one attached hydrogen (secondary N) is 1. The summed E-state index contributed by atoms with van der Waals surface area (Å²) in [5.41, 5.74) is 9.77. The lowest BCUT2D eigenvalue weighted by molar-refractivity contribution is 0.613. The maximum Gasteiger partial charge on any atom is 0.134 e. The normalized spacial score (nSPS) is 11.1. The standard InChI is InChI=1S/C12H11N3O/c1-7-6-16-10-4-2-3-8(11(7)10)9-5-14-15-12(9)13/h2-6H,1H3,(H3,13,14,15). The average Bonchev–Trinajstić information content (AvgIpc) is 2.86. The summed E-state index contributed by atoms with van der Waals surface area (Å²) < 4.78 is 5.46. The number of benzene rings is 1. The second-order valence-electron chi connectivity index (χ2n) is 3.79. The van der Waals surface area contributed by atoms with E-state index in [1.165, 1.54) is 0 Å². The zero-order chi connectivity index (χ0) is 11.1. The Morgan fingerprint density at radius 3 is 2.94 bits per heavy atom. The van der Waals surface area contributed by atoms with Gasteiger partial charge in [-0.25, -0.2) is 0 Å². The second-order valence-corrected chi connectivity index (χ2v) is 3.79. The zero-order valence-electron chi connectivity index (χ0n) is 8.82. The Labute approximate surface area is 92.1 Å². The predicted molar refractivity (Wildman–Crippen MR) is 62.9 cm³/mol. The highest BCUT2D eigenvalue weighted by atomic mass is 16.3. The monoisotopic (exact) mass is 213 g/mol. The number of aryl methyl sites for hydroxylation is 1. The van der Waals surface area contributed by atoms with Crippen molar-refractivity contribution >= 4 is 16.8 Å². The van der Waals surface area contributed by atoms with E-state index >= 15 is 0 Å². The molecule has 80 valence electrons. The first-order valence-electron chi connectivity index (χ1n) is 5.03. The van der Waals surface area contributed by atoms with Gasteiger partial charge in [0.1, 0.15) is 11.4 Å². The lowest BCUT2D eigenvalue weighted by atomic mass is 10.0. The van der Waals surface area contributed by atoms with Gasteiger partial charge in [0.05, 0.1) is 12.5 Å². The van der Waals surface area contributed by atoms with Gasteiger partial charge in [-0.3, -0.25) is 5.10 Å². The van der Waals surface area contributed by atoms with Crippen molar-refractivity contribution in [2.24, 2.45) is 0 Å². The van der Waals surface area contributed by atoms with Crippen LogP contribution in [-0.4, -0.2) is 10.2 Å². The van der Waals surface area contributed by atoms with E-state index in [1.54, 1.807) is 12.5 Å². The maximum absolute atomic E-state index is 5.83. The van der Waals surface area contributed by atoms with Crippen LogP contribution in [0, 0.1) is 6.92 Å². The molecule has 0 spiro atoms. The van der Waals surface area contributed by atoms with Gasteiger partial charge in [-0.2, -0.15) is 5.10 Å². The molecule has 0 saturated heterocycles. The minimum atomic E-state index is 0.577. The molecule has 0 fully saturated rings. The molecule has 0 unspecified atom stereocenters. The fourth-order valence-corrected chi connectivity index (χ4v) is 1.98. The summed E-state index contributed by atoms with van der Waals surface area (Å²) in [4.78, 5) is 0. The number of nitrogen functional groups attached to an aromatic ring is 1. The molecule has 0 aliphatic carbocycles. The molecular weight excluding hydrogens is 202 g/mol. The molecule has 0 aliphatic rings. The summed E-state index contributed by atoms with van der Waals surface area (Å²) >= 11 is 0. The zero-order valence-corrected chi connectivity index (χ0v) is 8.82. The first kappa shape index (κ1) is 9.03. The van der Waals surface area contributed by atoms with E-state index in [9.17, 15) is 0 Å². The van der Waals surface area contributed by atoms with Crippen molar-refractivity contribution in [2.45, 2.75) is 6.92 Å². The summed E-state index contributed by atoms with van der Waals surface area (Å²) in [5.74, 6) is 0.577. The average molecular weight is 213 g/mol. The largest absolute Gasteiger partial charge is 0.464 e. The number of anilines is 1. The number of aromatic amines is 1. The summed E-state index contributed by atoms with van der Waals surface area (Å²) in [6, 6.07) is 5.92. The third-order valence-electron chi connectivity index (χ3n) is 2.74. The highest BCUT2D eigenvalue weighted by Gasteiger charge is 2.12. The van der Waals surface area contributed by atoms with E-state index in [2.05, 4.69) is 10.2 Å². The molecule has 0 atom stereocenters. The van der Waals surface area contributed by atoms with Crippen LogP contribution >= 0.6 is 0 Å². The van der Waals surface area contributed by atoms with Crippen molar-refractivity contribution in [1.29, 1.82) is 0 Å². The Morgan fingerprint density at radius 1 is 1.31 bits per heavy atom. The van der Waals surface area contributed by atoms with Crippen LogP contribution in [0.3, 0.4) is 0 Å². The number of hydrogen-bond donors (Lipinski definition) is 2. The Balaban J connectivity index is 2.39. The molecule has 1 aromatic carbocycles. The van der Waals surface area contributed by atoms with E-state index in [1.807, 2.05) is 25.1 Å². The number of fused-ring (bicyclic) bond motifs is 1. The lowest BCUT2D eigenvalue weighted by Gasteiger charge is -2.01. The van der Waals surface area contributed by atoms with Gasteiger partial charge in [-0.05, 0) is 24.1 Å². The van der Waals surface area contributed by atoms with Gasteiger partial charge in [0.25, 0.3) is 0 Å². The molecule has 0 amide bonds. The first-order valence-corrected chi connectivity index (χ1v) is 5.03. The highest BCUT2D eigenvalue weighted by Crippen LogP contribution is 2.33. The van der Waals surface area contributed by atoms with Crippen molar-refractivity contribution in [3.63, 3.8) is 0 Å². The van der Waals surface area contributed by atoms with Crippen LogP contribution in [0.25, 0.3) is 22.1 Å². The number of rotatable bonds is 1. The van der Waals surface area contributed by atoms with Crippen molar-refractivity contribution in [2.75, 3.05) is 5.73 Å². The van der Waals surface area contributed by atoms with Crippen LogP contribution in [0.5, 0.6) is 0 Å². The number of furan rings is 1. The van der Waals surface area contributed by atoms with E-state index in [-0.39, 0.29) is 0 Å². The summed E-state index contributed by atoms with van der Waals surface area (Å²) in [6.07, 6.45) is 3.49. The third kappa shape index (κ3) is 1.13. The number of nitrogens with two attached hydrogens (primary N) is 1. The van der Waals surface area contributed by atoms with Gasteiger partial charge >= 0.3 is 0 Å². The molecule has 4 nitrogen and oxygen atoms in total. The van der Waals surface area contributed by atoms with Gasteiger partial charge in [-0.15, -0.1) is 0 Å². The molecule has 3 aromatic rings. The molecule has 16 heavy (non-hydrogen) atoms. The van der Waals surface area contributed by atoms with Crippen molar-refractivity contribution in [1.82, 2.24) is 10.2 Å². The topological polar surface area (TPSA) is 67.8 Å². The Kier molecular flexibility index (Phi) is 1.77. The predicted octanol–water partition coefficient (Wildman–Crippen LogP) is 2.71. The van der Waals surface area contributed by atoms with Gasteiger partial charge in [0, 0.05) is 10.9 Å². The summed E-state index contributed by atoms with van der Waals surface area (Å²) in [5, 5.41) is 7.77. The Morgan fingerprint density at radius 2 is 2.19 bits per heavy atom. The maximum atomic E-state index is 5.83. The SMILES string of the molecule is Cc1coc2cccc(-c3cn[nH]c3N)c12. The number of H-pyrrole nitrogens is 1. The van der Waals surface area contributed by atoms with Crippen LogP contribution in [0.4, 0.5) is 5.82 Å². The van der Waals surface area contributed by atoms with Crippen LogP contribution in [0.2, 0.25) is 0 Å². The number of aromatic nitrogens is 2.